The van der Waals surface area contributed by atoms with Gasteiger partial charge in [-0.1, -0.05) is 277 Å². The third-order valence-electron chi connectivity index (χ3n) is 27.7. The van der Waals surface area contributed by atoms with Gasteiger partial charge in [-0.15, -0.1) is 0 Å². The SMILES string of the molecule is Cc1c(C)c(C)c2c(C)c3c(C)c(C)c(C)c(C)c3c(C)c2c1C.Cc1c(C)c2ccccc2c2ccccc12.Cc1c2ccccc2c(C)c2ccccc12.Cc1cc(-c2cc(C)c(C)c(C)c2)cc(C)c1C.Cc1ccc2c(ccc3cc(C)ccc32)c1.Cc1ccc2cc3cc(C)ccc3cc2c1.Cc1cccc2c1ccc1c(C)cccc12. The summed E-state index contributed by atoms with van der Waals surface area (Å²) in [7, 11) is 0. The van der Waals surface area contributed by atoms with E-state index < -0.39 is 0 Å². The van der Waals surface area contributed by atoms with Crippen molar-refractivity contribution < 1.29 is 0 Å². The van der Waals surface area contributed by atoms with E-state index >= 15 is 0 Å². The standard InChI is InChI=1S/C24H30.C18H22.5C16H14/c1-11-12(2)16(6)22-20(10)24-18(8)14(4)13(3)17(7)23(24)19(9)21(22)15(11)5;1-11-7-17(8-12(2)15(11)5)18-9-13(3)16(6)14(4)10-18;1-11-3-7-15-13(9-11)5-6-14-10-12(2)4-8-16(14)15;1-11-3-5-13-10-16-8-12(2)4-6-14(16)9-15(13)7-11;1-11-5-3-7-15-13(11)9-10-14-12(2)6-4-8-16(14)15;1-11-13-7-3-5-9-15(13)12(2)16-10-6-4-8-14(11)16;1-11-12(2)14-8-4-6-10-16(14)15-9-5-3-7-13(11)15/h1-10H3;7-10H,1-6H3;5*3-10H,1-2H3. The molecule has 0 atom stereocenters. The zero-order valence-corrected chi connectivity index (χ0v) is 77.4. The van der Waals surface area contributed by atoms with Crippen molar-refractivity contribution in [2.75, 3.05) is 0 Å². The molecule has 0 amide bonds. The van der Waals surface area contributed by atoms with E-state index in [2.05, 4.69) is 447 Å². The number of hydrogen-bond donors (Lipinski definition) is 0. The van der Waals surface area contributed by atoms with Gasteiger partial charge in [-0.05, 0) is 455 Å². The first-order valence-corrected chi connectivity index (χ1v) is 43.8. The number of fused-ring (bicyclic) bond motifs is 15. The molecule has 0 aliphatic heterocycles. The monoisotopic (exact) mass is 1590 g/mol. The second-order valence-electron chi connectivity index (χ2n) is 35.4. The minimum atomic E-state index is 1.32. The fraction of sp³-hybridized carbons (Fsp3) is 0.213. The molecule has 0 saturated carbocycles. The van der Waals surface area contributed by atoms with Crippen LogP contribution in [0.4, 0.5) is 0 Å². The number of rotatable bonds is 1. The Morgan fingerprint density at radius 1 is 0.115 bits per heavy atom. The van der Waals surface area contributed by atoms with Crippen LogP contribution < -0.4 is 0 Å². The van der Waals surface area contributed by atoms with E-state index in [0.717, 1.165) is 0 Å². The van der Waals surface area contributed by atoms with Crippen LogP contribution in [0, 0.1) is 180 Å². The first kappa shape index (κ1) is 85.9. The molecule has 0 fully saturated rings. The normalized spacial score (nSPS) is 11.2. The minimum absolute atomic E-state index is 1.32. The molecule has 0 bridgehead atoms. The van der Waals surface area contributed by atoms with Gasteiger partial charge in [0.1, 0.15) is 0 Å². The molecule has 20 aromatic carbocycles. The lowest BCUT2D eigenvalue weighted by Gasteiger charge is -2.24. The number of aryl methyl sites for hydroxylation is 20. The van der Waals surface area contributed by atoms with Crippen LogP contribution in [0.15, 0.2) is 267 Å². The van der Waals surface area contributed by atoms with Crippen molar-refractivity contribution in [2.24, 2.45) is 0 Å². The maximum atomic E-state index is 2.33. The Hall–Kier alpha value is -12.5. The van der Waals surface area contributed by atoms with E-state index in [0.29, 0.717) is 0 Å². The molecule has 0 aliphatic carbocycles. The van der Waals surface area contributed by atoms with Crippen molar-refractivity contribution in [2.45, 2.75) is 180 Å². The molecule has 610 valence electrons. The van der Waals surface area contributed by atoms with Crippen LogP contribution in [0.5, 0.6) is 0 Å². The molecule has 0 aromatic heterocycles. The van der Waals surface area contributed by atoms with Crippen molar-refractivity contribution in [3.05, 3.63) is 412 Å². The molecule has 0 N–H and O–H groups in total. The van der Waals surface area contributed by atoms with Gasteiger partial charge in [0.25, 0.3) is 0 Å². The topological polar surface area (TPSA) is 0 Å². The van der Waals surface area contributed by atoms with Crippen LogP contribution in [-0.4, -0.2) is 0 Å². The van der Waals surface area contributed by atoms with Crippen LogP contribution in [-0.2, 0) is 0 Å². The van der Waals surface area contributed by atoms with Gasteiger partial charge in [-0.2, -0.15) is 0 Å². The molecule has 0 nitrogen and oxygen atoms in total. The predicted octanol–water partition coefficient (Wildman–Crippen LogP) is 35.3. The lowest BCUT2D eigenvalue weighted by atomic mass is 9.80. The third kappa shape index (κ3) is 16.8. The zero-order chi connectivity index (χ0) is 87.1. The second kappa shape index (κ2) is 35.7. The van der Waals surface area contributed by atoms with Crippen molar-refractivity contribution >= 4 is 129 Å². The summed E-state index contributed by atoms with van der Waals surface area (Å²) in [6, 6.07) is 96.8. The molecule has 122 heavy (non-hydrogen) atoms. The minimum Gasteiger partial charge on any atom is -0.0616 e. The van der Waals surface area contributed by atoms with Crippen LogP contribution in [0.1, 0.15) is 145 Å². The summed E-state index contributed by atoms with van der Waals surface area (Å²) in [6.45, 7) is 57.8. The van der Waals surface area contributed by atoms with Crippen LogP contribution in [0.2, 0.25) is 0 Å². The number of benzene rings is 20. The van der Waals surface area contributed by atoms with E-state index in [1.165, 1.54) is 285 Å². The summed E-state index contributed by atoms with van der Waals surface area (Å²) >= 11 is 0. The predicted molar refractivity (Wildman–Crippen MR) is 544 cm³/mol. The van der Waals surface area contributed by atoms with Gasteiger partial charge in [0, 0.05) is 0 Å². The van der Waals surface area contributed by atoms with Gasteiger partial charge in [-0.25, -0.2) is 0 Å². The second-order valence-corrected chi connectivity index (χ2v) is 35.4. The van der Waals surface area contributed by atoms with Gasteiger partial charge >= 0.3 is 0 Å². The Labute approximate surface area is 727 Å². The molecule has 0 radical (unpaired) electrons. The van der Waals surface area contributed by atoms with Gasteiger partial charge in [-0.3, -0.25) is 0 Å². The first-order valence-electron chi connectivity index (χ1n) is 43.8. The van der Waals surface area contributed by atoms with Gasteiger partial charge in [0.2, 0.25) is 0 Å². The highest BCUT2D eigenvalue weighted by atomic mass is 14.3. The Bertz CT molecular complexity index is 6860. The van der Waals surface area contributed by atoms with E-state index in [1.807, 2.05) is 0 Å². The molecule has 0 heterocycles. The molecule has 0 aliphatic rings. The van der Waals surface area contributed by atoms with E-state index in [1.54, 1.807) is 0 Å². The average Bonchev–Trinajstić information content (AvgIpc) is 0.713. The lowest BCUT2D eigenvalue weighted by molar-refractivity contribution is 1.22. The largest absolute Gasteiger partial charge is 0.0616 e. The van der Waals surface area contributed by atoms with Crippen molar-refractivity contribution in [3.8, 4) is 11.1 Å². The van der Waals surface area contributed by atoms with E-state index in [9.17, 15) is 0 Å². The Morgan fingerprint density at radius 2 is 0.344 bits per heavy atom. The van der Waals surface area contributed by atoms with Crippen molar-refractivity contribution in [1.29, 1.82) is 0 Å². The maximum Gasteiger partial charge on any atom is -0.0103 e. The molecule has 0 unspecified atom stereocenters. The Morgan fingerprint density at radius 3 is 0.639 bits per heavy atom. The van der Waals surface area contributed by atoms with E-state index in [-0.39, 0.29) is 0 Å². The zero-order valence-electron chi connectivity index (χ0n) is 77.4. The van der Waals surface area contributed by atoms with E-state index in [4.69, 9.17) is 0 Å². The molecule has 0 saturated heterocycles. The van der Waals surface area contributed by atoms with Crippen molar-refractivity contribution in [1.82, 2.24) is 0 Å². The Balaban J connectivity index is 0.000000117. The molecule has 0 heteroatoms. The molecule has 20 rings (SSSR count). The van der Waals surface area contributed by atoms with Gasteiger partial charge < -0.3 is 0 Å². The van der Waals surface area contributed by atoms with Gasteiger partial charge in [0.05, 0.1) is 0 Å². The average molecular weight is 1590 g/mol. The highest BCUT2D eigenvalue weighted by Crippen LogP contribution is 2.44. The fourth-order valence-electron chi connectivity index (χ4n) is 19.2. The highest BCUT2D eigenvalue weighted by molar-refractivity contribution is 6.14. The Kier molecular flexibility index (Phi) is 25.1. The summed E-state index contributed by atoms with van der Waals surface area (Å²) in [5, 5.41) is 33.0. The van der Waals surface area contributed by atoms with Crippen molar-refractivity contribution in [3.63, 3.8) is 0 Å². The lowest BCUT2D eigenvalue weighted by Crippen LogP contribution is -2.03. The van der Waals surface area contributed by atoms with Gasteiger partial charge in [0.15, 0.2) is 0 Å². The molecular formula is C122H122. The fourth-order valence-corrected chi connectivity index (χ4v) is 19.2. The highest BCUT2D eigenvalue weighted by Gasteiger charge is 2.21. The maximum absolute atomic E-state index is 2.33. The third-order valence-corrected chi connectivity index (χ3v) is 27.7. The molecule has 20 aromatic rings. The summed E-state index contributed by atoms with van der Waals surface area (Å²) < 4.78 is 0. The summed E-state index contributed by atoms with van der Waals surface area (Å²) in [4.78, 5) is 0. The molecular weight excluding hydrogens is 1470 g/mol. The summed E-state index contributed by atoms with van der Waals surface area (Å²) in [5.74, 6) is 0. The smallest absolute Gasteiger partial charge is 0.0103 e. The quantitative estimate of drug-likeness (QED) is 0.114. The van der Waals surface area contributed by atoms with Crippen LogP contribution >= 0.6 is 0 Å². The number of hydrogen-bond acceptors (Lipinski definition) is 0. The summed E-state index contributed by atoms with van der Waals surface area (Å²) in [5.41, 5.74) is 39.0. The van der Waals surface area contributed by atoms with Crippen LogP contribution in [0.3, 0.4) is 0 Å². The summed E-state index contributed by atoms with van der Waals surface area (Å²) in [6.07, 6.45) is 0. The molecule has 0 spiro atoms. The first-order chi connectivity index (χ1) is 58.3. The van der Waals surface area contributed by atoms with Crippen LogP contribution in [0.25, 0.3) is 140 Å².